The molecule has 0 spiro atoms. The maximum absolute atomic E-state index is 13.9. The fourth-order valence-corrected chi connectivity index (χ4v) is 3.71. The summed E-state index contributed by atoms with van der Waals surface area (Å²) < 4.78 is 47.1. The average Bonchev–Trinajstić information content (AvgIpc) is 2.77. The molecule has 5 nitrogen and oxygen atoms in total. The number of hydrogen-bond donors (Lipinski definition) is 0. The lowest BCUT2D eigenvalue weighted by molar-refractivity contribution is -0.137. The largest absolute Gasteiger partial charge is 0.493 e. The van der Waals surface area contributed by atoms with E-state index in [1.54, 1.807) is 47.1 Å². The van der Waals surface area contributed by atoms with E-state index >= 15 is 0 Å². The molecule has 170 valence electrons. The molecule has 0 N–H and O–H groups in total. The predicted octanol–water partition coefficient (Wildman–Crippen LogP) is 4.48. The molecule has 8 heteroatoms. The number of carbonyl (C=O) groups excluding carboxylic acids is 2. The Morgan fingerprint density at radius 1 is 1.00 bits per heavy atom. The van der Waals surface area contributed by atoms with Gasteiger partial charge in [-0.05, 0) is 30.7 Å². The van der Waals surface area contributed by atoms with Gasteiger partial charge in [0.25, 0.3) is 0 Å². The minimum atomic E-state index is -4.58. The zero-order valence-electron chi connectivity index (χ0n) is 18.0. The number of piperazine rings is 1. The Hall–Kier alpha value is -3.29. The Kier molecular flexibility index (Phi) is 7.22. The van der Waals surface area contributed by atoms with Crippen LogP contribution < -0.4 is 4.74 Å². The minimum absolute atomic E-state index is 0.0329. The predicted molar refractivity (Wildman–Crippen MR) is 116 cm³/mol. The van der Waals surface area contributed by atoms with Gasteiger partial charge >= 0.3 is 6.18 Å². The van der Waals surface area contributed by atoms with Gasteiger partial charge in [0.2, 0.25) is 11.8 Å². The molecule has 2 aromatic carbocycles. The first-order chi connectivity index (χ1) is 15.2. The number of carbonyl (C=O) groups is 2. The number of hydrogen-bond acceptors (Lipinski definition) is 3. The molecule has 1 saturated heterocycles. The first kappa shape index (κ1) is 23.4. The van der Waals surface area contributed by atoms with Gasteiger partial charge in [0.05, 0.1) is 12.2 Å². The van der Waals surface area contributed by atoms with Crippen LogP contribution in [0.3, 0.4) is 0 Å². The van der Waals surface area contributed by atoms with Crippen molar-refractivity contribution in [2.45, 2.75) is 20.0 Å². The van der Waals surface area contributed by atoms with E-state index in [0.717, 1.165) is 6.07 Å². The van der Waals surface area contributed by atoms with Gasteiger partial charge in [-0.1, -0.05) is 30.3 Å². The van der Waals surface area contributed by atoms with Crippen molar-refractivity contribution in [3.8, 4) is 16.9 Å². The highest BCUT2D eigenvalue weighted by molar-refractivity contribution is 5.94. The third-order valence-electron chi connectivity index (χ3n) is 5.30. The number of rotatable bonds is 5. The van der Waals surface area contributed by atoms with Crippen LogP contribution in [0.15, 0.2) is 48.5 Å². The second kappa shape index (κ2) is 9.89. The fourth-order valence-electron chi connectivity index (χ4n) is 3.71. The average molecular weight is 446 g/mol. The number of ether oxygens (including phenoxy) is 1. The van der Waals surface area contributed by atoms with E-state index in [1.807, 2.05) is 0 Å². The molecule has 1 fully saturated rings. The van der Waals surface area contributed by atoms with Gasteiger partial charge < -0.3 is 14.5 Å². The zero-order valence-corrected chi connectivity index (χ0v) is 18.0. The number of nitrogens with zero attached hydrogens (tertiary/aromatic N) is 2. The summed E-state index contributed by atoms with van der Waals surface area (Å²) in [5.74, 6) is -0.0168. The highest BCUT2D eigenvalue weighted by atomic mass is 19.4. The first-order valence-electron chi connectivity index (χ1n) is 10.4. The van der Waals surface area contributed by atoms with Crippen LogP contribution in [0.1, 0.15) is 25.0 Å². The summed E-state index contributed by atoms with van der Waals surface area (Å²) in [5.41, 5.74) is -0.254. The van der Waals surface area contributed by atoms with E-state index in [-0.39, 0.29) is 22.9 Å². The number of benzene rings is 2. The summed E-state index contributed by atoms with van der Waals surface area (Å²) in [5, 5.41) is 0. The van der Waals surface area contributed by atoms with E-state index in [9.17, 15) is 22.8 Å². The van der Waals surface area contributed by atoms with Crippen molar-refractivity contribution in [1.82, 2.24) is 9.80 Å². The van der Waals surface area contributed by atoms with Gasteiger partial charge in [-0.2, -0.15) is 13.2 Å². The summed E-state index contributed by atoms with van der Waals surface area (Å²) in [6.45, 7) is 5.18. The third-order valence-corrected chi connectivity index (χ3v) is 5.30. The Morgan fingerprint density at radius 3 is 2.28 bits per heavy atom. The highest BCUT2D eigenvalue weighted by Gasteiger charge is 2.35. The molecule has 0 saturated carbocycles. The molecule has 0 unspecified atom stereocenters. The van der Waals surface area contributed by atoms with Crippen LogP contribution in [0.5, 0.6) is 5.75 Å². The molecule has 1 heterocycles. The molecule has 2 aromatic rings. The smallest absolute Gasteiger partial charge is 0.417 e. The first-order valence-corrected chi connectivity index (χ1v) is 10.4. The normalized spacial score (nSPS) is 14.7. The molecule has 3 rings (SSSR count). The van der Waals surface area contributed by atoms with Crippen molar-refractivity contribution in [2.75, 3.05) is 32.8 Å². The highest BCUT2D eigenvalue weighted by Crippen LogP contribution is 2.42. The number of halogens is 3. The van der Waals surface area contributed by atoms with E-state index in [2.05, 4.69) is 0 Å². The molecule has 0 bridgehead atoms. The van der Waals surface area contributed by atoms with Gasteiger partial charge in [0.15, 0.2) is 0 Å². The molecule has 32 heavy (non-hydrogen) atoms. The molecular formula is C24H25F3N2O3. The van der Waals surface area contributed by atoms with Gasteiger partial charge in [-0.15, -0.1) is 0 Å². The standard InChI is InChI=1S/C24H25F3N2O3/c1-3-32-21-10-5-4-8-19(21)23-18(7-6-9-20(23)24(25,26)27)11-12-22(31)29-15-13-28(14-16-29)17(2)30/h4-12H,3,13-16H2,1-2H3/b12-11-. The Bertz CT molecular complexity index is 1010. The Morgan fingerprint density at radius 2 is 1.66 bits per heavy atom. The van der Waals surface area contributed by atoms with Crippen LogP contribution in [-0.2, 0) is 15.8 Å². The van der Waals surface area contributed by atoms with Crippen molar-refractivity contribution in [2.24, 2.45) is 0 Å². The summed E-state index contributed by atoms with van der Waals surface area (Å²) in [6.07, 6.45) is -1.88. The van der Waals surface area contributed by atoms with Crippen LogP contribution >= 0.6 is 0 Å². The van der Waals surface area contributed by atoms with Crippen LogP contribution in [0.25, 0.3) is 17.2 Å². The molecule has 1 aliphatic rings. The van der Waals surface area contributed by atoms with Gasteiger partial charge in [-0.3, -0.25) is 9.59 Å². The van der Waals surface area contributed by atoms with Gasteiger partial charge in [0.1, 0.15) is 5.75 Å². The molecule has 0 radical (unpaired) electrons. The maximum Gasteiger partial charge on any atom is 0.417 e. The molecule has 0 aliphatic carbocycles. The summed E-state index contributed by atoms with van der Waals surface area (Å²) in [4.78, 5) is 27.3. The lowest BCUT2D eigenvalue weighted by atomic mass is 9.93. The van der Waals surface area contributed by atoms with Crippen molar-refractivity contribution >= 4 is 17.9 Å². The maximum atomic E-state index is 13.9. The quantitative estimate of drug-likeness (QED) is 0.637. The summed E-state index contributed by atoms with van der Waals surface area (Å²) >= 11 is 0. The minimum Gasteiger partial charge on any atom is -0.493 e. The zero-order chi connectivity index (χ0) is 23.3. The lowest BCUT2D eigenvalue weighted by Crippen LogP contribution is -2.49. The number of amides is 2. The SMILES string of the molecule is CCOc1ccccc1-c1c(/C=C\C(=O)N2CCN(C(C)=O)CC2)cccc1C(F)(F)F. The van der Waals surface area contributed by atoms with Crippen molar-refractivity contribution < 1.29 is 27.5 Å². The van der Waals surface area contributed by atoms with E-state index in [0.29, 0.717) is 44.1 Å². The van der Waals surface area contributed by atoms with Crippen LogP contribution in [0.2, 0.25) is 0 Å². The Balaban J connectivity index is 1.96. The second-order valence-corrected chi connectivity index (χ2v) is 7.36. The second-order valence-electron chi connectivity index (χ2n) is 7.36. The van der Waals surface area contributed by atoms with Crippen molar-refractivity contribution in [3.63, 3.8) is 0 Å². The van der Waals surface area contributed by atoms with Crippen LogP contribution in [0.4, 0.5) is 13.2 Å². The van der Waals surface area contributed by atoms with Crippen LogP contribution in [0, 0.1) is 0 Å². The molecule has 2 amide bonds. The third kappa shape index (κ3) is 5.30. The van der Waals surface area contributed by atoms with E-state index in [1.165, 1.54) is 25.1 Å². The fraction of sp³-hybridized carbons (Fsp3) is 0.333. The van der Waals surface area contributed by atoms with Gasteiger partial charge in [-0.25, -0.2) is 0 Å². The van der Waals surface area contributed by atoms with Crippen molar-refractivity contribution in [1.29, 1.82) is 0 Å². The van der Waals surface area contributed by atoms with Crippen LogP contribution in [-0.4, -0.2) is 54.4 Å². The number of alkyl halides is 3. The molecular weight excluding hydrogens is 421 g/mol. The molecule has 1 aliphatic heterocycles. The summed E-state index contributed by atoms with van der Waals surface area (Å²) in [7, 11) is 0. The topological polar surface area (TPSA) is 49.9 Å². The Labute approximate surface area is 185 Å². The molecule has 0 aromatic heterocycles. The van der Waals surface area contributed by atoms with Gasteiger partial charge in [0, 0.05) is 50.3 Å². The summed E-state index contributed by atoms with van der Waals surface area (Å²) in [6, 6.07) is 10.5. The lowest BCUT2D eigenvalue weighted by Gasteiger charge is -2.33. The van der Waals surface area contributed by atoms with Crippen molar-refractivity contribution in [3.05, 3.63) is 59.7 Å². The number of para-hydroxylation sites is 1. The monoisotopic (exact) mass is 446 g/mol. The van der Waals surface area contributed by atoms with E-state index < -0.39 is 11.7 Å². The molecule has 0 atom stereocenters. The van der Waals surface area contributed by atoms with E-state index in [4.69, 9.17) is 4.74 Å².